The zero-order valence-corrected chi connectivity index (χ0v) is 15.5. The Kier molecular flexibility index (Phi) is 4.49. The molecule has 1 aliphatic carbocycles. The molecule has 0 bridgehead atoms. The van der Waals surface area contributed by atoms with Gasteiger partial charge in [-0.2, -0.15) is 0 Å². The van der Waals surface area contributed by atoms with Crippen LogP contribution in [0.5, 0.6) is 0 Å². The van der Waals surface area contributed by atoms with E-state index < -0.39 is 24.1 Å². The maximum atomic E-state index is 12.7. The number of aryl methyl sites for hydroxylation is 1. The number of halogens is 1. The molecular formula is C17H17ClO4S2. The SMILES string of the molecule is Cc1ccc(CS(=O)(=O)C2Cc3ccc(S(=O)(=O)Cl)cc3C2)cc1. The number of sulfone groups is 1. The molecule has 2 aromatic carbocycles. The molecule has 2 aromatic rings. The second-order valence-electron chi connectivity index (χ2n) is 6.19. The summed E-state index contributed by atoms with van der Waals surface area (Å²) in [5.74, 6) is -0.00734. The van der Waals surface area contributed by atoms with Crippen LogP contribution in [0.4, 0.5) is 0 Å². The lowest BCUT2D eigenvalue weighted by Crippen LogP contribution is -2.23. The molecule has 1 unspecified atom stereocenters. The summed E-state index contributed by atoms with van der Waals surface area (Å²) in [6.45, 7) is 1.95. The minimum absolute atomic E-state index is 0.00734. The van der Waals surface area contributed by atoms with E-state index in [4.69, 9.17) is 10.7 Å². The molecule has 0 radical (unpaired) electrons. The first-order chi connectivity index (χ1) is 11.1. The van der Waals surface area contributed by atoms with E-state index in [1.54, 1.807) is 6.07 Å². The fourth-order valence-electron chi connectivity index (χ4n) is 2.99. The lowest BCUT2D eigenvalue weighted by Gasteiger charge is -2.11. The molecule has 0 N–H and O–H groups in total. The third-order valence-corrected chi connectivity index (χ3v) is 7.79. The Balaban J connectivity index is 1.82. The second-order valence-corrected chi connectivity index (χ2v) is 11.0. The Morgan fingerprint density at radius 1 is 0.958 bits per heavy atom. The van der Waals surface area contributed by atoms with Gasteiger partial charge in [0.2, 0.25) is 0 Å². The van der Waals surface area contributed by atoms with Crippen LogP contribution in [0.2, 0.25) is 0 Å². The Labute approximate surface area is 146 Å². The van der Waals surface area contributed by atoms with E-state index in [2.05, 4.69) is 0 Å². The van der Waals surface area contributed by atoms with Gasteiger partial charge in [-0.3, -0.25) is 0 Å². The smallest absolute Gasteiger partial charge is 0.228 e. The quantitative estimate of drug-likeness (QED) is 0.760. The van der Waals surface area contributed by atoms with Crippen molar-refractivity contribution in [1.82, 2.24) is 0 Å². The van der Waals surface area contributed by atoms with Crippen molar-refractivity contribution in [3.8, 4) is 0 Å². The summed E-state index contributed by atoms with van der Waals surface area (Å²) < 4.78 is 48.2. The van der Waals surface area contributed by atoms with Crippen molar-refractivity contribution in [3.63, 3.8) is 0 Å². The summed E-state index contributed by atoms with van der Waals surface area (Å²) in [5, 5.41) is -0.526. The van der Waals surface area contributed by atoms with Crippen LogP contribution in [0.1, 0.15) is 22.3 Å². The molecule has 0 spiro atoms. The van der Waals surface area contributed by atoms with Gasteiger partial charge in [0, 0.05) is 10.7 Å². The molecule has 0 saturated heterocycles. The average Bonchev–Trinajstić information content (AvgIpc) is 2.92. The van der Waals surface area contributed by atoms with E-state index in [0.717, 1.165) is 22.3 Å². The largest absolute Gasteiger partial charge is 0.261 e. The zero-order chi connectivity index (χ0) is 17.5. The van der Waals surface area contributed by atoms with E-state index >= 15 is 0 Å². The van der Waals surface area contributed by atoms with Crippen molar-refractivity contribution in [2.45, 2.75) is 35.7 Å². The summed E-state index contributed by atoms with van der Waals surface area (Å²) >= 11 is 0. The molecule has 24 heavy (non-hydrogen) atoms. The summed E-state index contributed by atoms with van der Waals surface area (Å²) in [7, 11) is -1.77. The topological polar surface area (TPSA) is 68.3 Å². The first-order valence-corrected chi connectivity index (χ1v) is 11.5. The van der Waals surface area contributed by atoms with Gasteiger partial charge in [-0.25, -0.2) is 16.8 Å². The van der Waals surface area contributed by atoms with Crippen molar-refractivity contribution >= 4 is 29.6 Å². The molecule has 0 aromatic heterocycles. The lowest BCUT2D eigenvalue weighted by atomic mass is 10.1. The summed E-state index contributed by atoms with van der Waals surface area (Å²) in [6.07, 6.45) is 0.732. The Morgan fingerprint density at radius 2 is 1.58 bits per heavy atom. The molecule has 3 rings (SSSR count). The normalized spacial score (nSPS) is 17.7. The molecule has 0 heterocycles. The Bertz CT molecular complexity index is 978. The number of hydrogen-bond acceptors (Lipinski definition) is 4. The van der Waals surface area contributed by atoms with E-state index in [0.29, 0.717) is 12.8 Å². The molecule has 1 atom stereocenters. The number of fused-ring (bicyclic) bond motifs is 1. The lowest BCUT2D eigenvalue weighted by molar-refractivity contribution is 0.580. The van der Waals surface area contributed by atoms with Crippen LogP contribution in [0, 0.1) is 6.92 Å². The van der Waals surface area contributed by atoms with E-state index in [1.807, 2.05) is 31.2 Å². The van der Waals surface area contributed by atoms with Crippen molar-refractivity contribution in [2.24, 2.45) is 0 Å². The van der Waals surface area contributed by atoms with E-state index in [-0.39, 0.29) is 10.6 Å². The number of hydrogen-bond donors (Lipinski definition) is 0. The minimum Gasteiger partial charge on any atom is -0.228 e. The fourth-order valence-corrected chi connectivity index (χ4v) is 5.56. The van der Waals surface area contributed by atoms with Gasteiger partial charge in [0.05, 0.1) is 15.9 Å². The van der Waals surface area contributed by atoms with Crippen LogP contribution in [-0.2, 0) is 37.5 Å². The highest BCUT2D eigenvalue weighted by Gasteiger charge is 2.33. The van der Waals surface area contributed by atoms with Crippen LogP contribution >= 0.6 is 10.7 Å². The molecule has 128 valence electrons. The van der Waals surface area contributed by atoms with Crippen molar-refractivity contribution in [2.75, 3.05) is 0 Å². The van der Waals surface area contributed by atoms with E-state index in [1.165, 1.54) is 12.1 Å². The van der Waals surface area contributed by atoms with Crippen LogP contribution in [0.25, 0.3) is 0 Å². The highest BCUT2D eigenvalue weighted by atomic mass is 35.7. The zero-order valence-electron chi connectivity index (χ0n) is 13.1. The molecule has 0 amide bonds. The van der Waals surface area contributed by atoms with Gasteiger partial charge in [-0.15, -0.1) is 0 Å². The monoisotopic (exact) mass is 384 g/mol. The summed E-state index contributed by atoms with van der Waals surface area (Å²) in [4.78, 5) is 0.0134. The molecule has 0 fully saturated rings. The van der Waals surface area contributed by atoms with Gasteiger partial charge in [0.15, 0.2) is 9.84 Å². The van der Waals surface area contributed by atoms with Crippen LogP contribution in [-0.4, -0.2) is 22.1 Å². The minimum atomic E-state index is -3.81. The molecule has 7 heteroatoms. The standard InChI is InChI=1S/C17H17ClO4S2/c1-12-2-4-13(5-3-12)11-23(19,20)17-8-14-6-7-16(24(18,21)22)9-15(14)10-17/h2-7,9,17H,8,10-11H2,1H3. The van der Waals surface area contributed by atoms with Gasteiger partial charge in [-0.1, -0.05) is 35.9 Å². The highest BCUT2D eigenvalue weighted by molar-refractivity contribution is 8.13. The van der Waals surface area contributed by atoms with Gasteiger partial charge >= 0.3 is 0 Å². The molecule has 4 nitrogen and oxygen atoms in total. The van der Waals surface area contributed by atoms with Gasteiger partial charge in [-0.05, 0) is 48.6 Å². The van der Waals surface area contributed by atoms with Gasteiger partial charge < -0.3 is 0 Å². The summed E-state index contributed by atoms with van der Waals surface area (Å²) in [5.41, 5.74) is 3.46. The van der Waals surface area contributed by atoms with Crippen molar-refractivity contribution < 1.29 is 16.8 Å². The van der Waals surface area contributed by atoms with Crippen molar-refractivity contribution in [3.05, 3.63) is 64.7 Å². The molecule has 0 saturated carbocycles. The van der Waals surface area contributed by atoms with Crippen LogP contribution < -0.4 is 0 Å². The third-order valence-electron chi connectivity index (χ3n) is 4.35. The average molecular weight is 385 g/mol. The number of rotatable bonds is 4. The van der Waals surface area contributed by atoms with Gasteiger partial charge in [0.1, 0.15) is 0 Å². The van der Waals surface area contributed by atoms with Crippen molar-refractivity contribution in [1.29, 1.82) is 0 Å². The Hall–Kier alpha value is -1.37. The second kappa shape index (κ2) is 6.17. The third kappa shape index (κ3) is 3.66. The Morgan fingerprint density at radius 3 is 2.21 bits per heavy atom. The van der Waals surface area contributed by atoms with E-state index in [9.17, 15) is 16.8 Å². The highest BCUT2D eigenvalue weighted by Crippen LogP contribution is 2.31. The molecular weight excluding hydrogens is 368 g/mol. The number of benzene rings is 2. The molecule has 0 aliphatic heterocycles. The predicted molar refractivity (Wildman–Crippen MR) is 94.5 cm³/mol. The van der Waals surface area contributed by atoms with Crippen LogP contribution in [0.15, 0.2) is 47.4 Å². The first-order valence-electron chi connectivity index (χ1n) is 7.49. The maximum absolute atomic E-state index is 12.7. The van der Waals surface area contributed by atoms with Crippen LogP contribution in [0.3, 0.4) is 0 Å². The first kappa shape index (κ1) is 17.5. The molecule has 1 aliphatic rings. The maximum Gasteiger partial charge on any atom is 0.261 e. The summed E-state index contributed by atoms with van der Waals surface area (Å²) in [6, 6.07) is 12.0. The fraction of sp³-hybridized carbons (Fsp3) is 0.294. The van der Waals surface area contributed by atoms with Gasteiger partial charge in [0.25, 0.3) is 9.05 Å². The predicted octanol–water partition coefficient (Wildman–Crippen LogP) is 3.00.